The van der Waals surface area contributed by atoms with Gasteiger partial charge in [-0.25, -0.2) is 0 Å². The maximum atomic E-state index is 5.47. The van der Waals surface area contributed by atoms with Crippen LogP contribution >= 0.6 is 15.9 Å². The number of nitrogens with one attached hydrogen (secondary N) is 1. The molecule has 0 spiro atoms. The molecule has 0 aliphatic heterocycles. The van der Waals surface area contributed by atoms with Gasteiger partial charge in [-0.1, -0.05) is 6.92 Å². The van der Waals surface area contributed by atoms with Crippen molar-refractivity contribution in [2.75, 3.05) is 13.7 Å². The van der Waals surface area contributed by atoms with Crippen LogP contribution in [0.5, 0.6) is 0 Å². The Kier molecular flexibility index (Phi) is 6.26. The minimum atomic E-state index is -0.0803. The van der Waals surface area contributed by atoms with Crippen LogP contribution in [-0.2, 0) is 4.74 Å². The van der Waals surface area contributed by atoms with E-state index in [-0.39, 0.29) is 11.6 Å². The number of hydrogen-bond acceptors (Lipinski definition) is 3. The predicted molar refractivity (Wildman–Crippen MR) is 78.7 cm³/mol. The van der Waals surface area contributed by atoms with E-state index in [1.807, 2.05) is 12.3 Å². The number of nitrogens with zero attached hydrogens (tertiary/aromatic N) is 1. The third-order valence-electron chi connectivity index (χ3n) is 3.15. The van der Waals surface area contributed by atoms with Gasteiger partial charge in [0.1, 0.15) is 0 Å². The number of ether oxygens (including phenoxy) is 1. The monoisotopic (exact) mass is 314 g/mol. The normalized spacial score (nSPS) is 13.6. The molecule has 3 nitrogen and oxygen atoms in total. The molecule has 0 radical (unpaired) electrons. The second kappa shape index (κ2) is 7.22. The van der Waals surface area contributed by atoms with Gasteiger partial charge in [0.2, 0.25) is 0 Å². The Morgan fingerprint density at radius 2 is 2.17 bits per heavy atom. The summed E-state index contributed by atoms with van der Waals surface area (Å²) in [5, 5.41) is 3.48. The zero-order valence-corrected chi connectivity index (χ0v) is 13.3. The summed E-state index contributed by atoms with van der Waals surface area (Å²) in [7, 11) is 1.76. The lowest BCUT2D eigenvalue weighted by molar-refractivity contribution is 0.0116. The lowest BCUT2D eigenvalue weighted by atomic mass is 9.97. The molecule has 0 saturated carbocycles. The van der Waals surface area contributed by atoms with E-state index in [2.05, 4.69) is 53.1 Å². The Morgan fingerprint density at radius 1 is 1.44 bits per heavy atom. The van der Waals surface area contributed by atoms with Gasteiger partial charge in [0.05, 0.1) is 11.3 Å². The minimum absolute atomic E-state index is 0.0803. The molecule has 102 valence electrons. The van der Waals surface area contributed by atoms with Gasteiger partial charge < -0.3 is 10.1 Å². The van der Waals surface area contributed by atoms with Crippen LogP contribution in [0.15, 0.2) is 22.8 Å². The van der Waals surface area contributed by atoms with Crippen LogP contribution in [0.25, 0.3) is 0 Å². The molecule has 1 aromatic heterocycles. The molecule has 0 bridgehead atoms. The van der Waals surface area contributed by atoms with Gasteiger partial charge in [-0.05, 0) is 61.3 Å². The quantitative estimate of drug-likeness (QED) is 0.833. The van der Waals surface area contributed by atoms with Crippen molar-refractivity contribution in [2.45, 2.75) is 45.3 Å². The highest BCUT2D eigenvalue weighted by molar-refractivity contribution is 9.10. The first kappa shape index (κ1) is 15.6. The number of rotatable bonds is 7. The maximum Gasteiger partial charge on any atom is 0.0623 e. The van der Waals surface area contributed by atoms with E-state index >= 15 is 0 Å². The van der Waals surface area contributed by atoms with Gasteiger partial charge in [-0.3, -0.25) is 4.98 Å². The highest BCUT2D eigenvalue weighted by Crippen LogP contribution is 2.24. The largest absolute Gasteiger partial charge is 0.379 e. The van der Waals surface area contributed by atoms with Crippen molar-refractivity contribution >= 4 is 15.9 Å². The van der Waals surface area contributed by atoms with Crippen LogP contribution in [0.1, 0.15) is 45.3 Å². The SMILES string of the molecule is CCNC(CCC(C)(C)OC)c1ccc(Br)cn1. The summed E-state index contributed by atoms with van der Waals surface area (Å²) < 4.78 is 6.48. The number of hydrogen-bond donors (Lipinski definition) is 1. The Balaban J connectivity index is 2.68. The summed E-state index contributed by atoms with van der Waals surface area (Å²) in [6.07, 6.45) is 3.86. The topological polar surface area (TPSA) is 34.1 Å². The van der Waals surface area contributed by atoms with E-state index < -0.39 is 0 Å². The van der Waals surface area contributed by atoms with Crippen molar-refractivity contribution < 1.29 is 4.74 Å². The van der Waals surface area contributed by atoms with Gasteiger partial charge in [0.25, 0.3) is 0 Å². The third-order valence-corrected chi connectivity index (χ3v) is 3.61. The van der Waals surface area contributed by atoms with Crippen molar-refractivity contribution in [3.8, 4) is 0 Å². The first-order valence-electron chi connectivity index (χ1n) is 6.38. The summed E-state index contributed by atoms with van der Waals surface area (Å²) in [6, 6.07) is 4.39. The van der Waals surface area contributed by atoms with E-state index in [9.17, 15) is 0 Å². The molecule has 1 rings (SSSR count). The first-order chi connectivity index (χ1) is 8.48. The smallest absolute Gasteiger partial charge is 0.0623 e. The minimum Gasteiger partial charge on any atom is -0.379 e. The molecular weight excluding hydrogens is 292 g/mol. The molecule has 0 aromatic carbocycles. The summed E-state index contributed by atoms with van der Waals surface area (Å²) >= 11 is 3.41. The zero-order chi connectivity index (χ0) is 13.6. The second-order valence-electron chi connectivity index (χ2n) is 5.01. The van der Waals surface area contributed by atoms with Crippen LogP contribution in [-0.4, -0.2) is 24.2 Å². The number of methoxy groups -OCH3 is 1. The molecule has 1 atom stereocenters. The van der Waals surface area contributed by atoms with Crippen molar-refractivity contribution in [3.63, 3.8) is 0 Å². The van der Waals surface area contributed by atoms with Crippen molar-refractivity contribution in [1.82, 2.24) is 10.3 Å². The van der Waals surface area contributed by atoms with Gasteiger partial charge >= 0.3 is 0 Å². The van der Waals surface area contributed by atoms with Crippen LogP contribution in [0.4, 0.5) is 0 Å². The van der Waals surface area contributed by atoms with Crippen LogP contribution in [0.2, 0.25) is 0 Å². The molecule has 0 fully saturated rings. The lowest BCUT2D eigenvalue weighted by Crippen LogP contribution is -2.27. The first-order valence-corrected chi connectivity index (χ1v) is 7.18. The molecule has 1 heterocycles. The van der Waals surface area contributed by atoms with Crippen molar-refractivity contribution in [3.05, 3.63) is 28.5 Å². The Bertz CT molecular complexity index is 351. The predicted octanol–water partition coefficient (Wildman–Crippen LogP) is 3.70. The van der Waals surface area contributed by atoms with Crippen LogP contribution < -0.4 is 5.32 Å². The Hall–Kier alpha value is -0.450. The van der Waals surface area contributed by atoms with Crippen molar-refractivity contribution in [1.29, 1.82) is 0 Å². The third kappa shape index (κ3) is 5.04. The highest BCUT2D eigenvalue weighted by Gasteiger charge is 2.20. The van der Waals surface area contributed by atoms with Gasteiger partial charge in [-0.15, -0.1) is 0 Å². The van der Waals surface area contributed by atoms with Crippen LogP contribution in [0, 0.1) is 0 Å². The van der Waals surface area contributed by atoms with E-state index in [4.69, 9.17) is 4.74 Å². The van der Waals surface area contributed by atoms with Gasteiger partial charge in [-0.2, -0.15) is 0 Å². The van der Waals surface area contributed by atoms with E-state index in [1.165, 1.54) is 0 Å². The number of aromatic nitrogens is 1. The zero-order valence-electron chi connectivity index (χ0n) is 11.7. The summed E-state index contributed by atoms with van der Waals surface area (Å²) in [5.74, 6) is 0. The van der Waals surface area contributed by atoms with Gasteiger partial charge in [0, 0.05) is 23.8 Å². The lowest BCUT2D eigenvalue weighted by Gasteiger charge is -2.26. The fourth-order valence-electron chi connectivity index (χ4n) is 1.79. The molecule has 0 amide bonds. The van der Waals surface area contributed by atoms with Gasteiger partial charge in [0.15, 0.2) is 0 Å². The van der Waals surface area contributed by atoms with E-state index in [1.54, 1.807) is 7.11 Å². The molecule has 1 N–H and O–H groups in total. The Morgan fingerprint density at radius 3 is 2.67 bits per heavy atom. The Labute approximate surface area is 118 Å². The fraction of sp³-hybridized carbons (Fsp3) is 0.643. The summed E-state index contributed by atoms with van der Waals surface area (Å²) in [6.45, 7) is 7.29. The van der Waals surface area contributed by atoms with Crippen LogP contribution in [0.3, 0.4) is 0 Å². The maximum absolute atomic E-state index is 5.47. The average Bonchev–Trinajstić information content (AvgIpc) is 2.36. The molecule has 0 aliphatic rings. The molecule has 18 heavy (non-hydrogen) atoms. The highest BCUT2D eigenvalue weighted by atomic mass is 79.9. The molecule has 0 saturated heterocycles. The van der Waals surface area contributed by atoms with E-state index in [0.29, 0.717) is 0 Å². The summed E-state index contributed by atoms with van der Waals surface area (Å²) in [5.41, 5.74) is 1.01. The standard InChI is InChI=1S/C14H23BrN2O/c1-5-16-13(8-9-14(2,3)18-4)12-7-6-11(15)10-17-12/h6-7,10,13,16H,5,8-9H2,1-4H3. The fourth-order valence-corrected chi connectivity index (χ4v) is 2.02. The molecule has 1 aromatic rings. The molecule has 0 aliphatic carbocycles. The molecular formula is C14H23BrN2O. The average molecular weight is 315 g/mol. The number of halogens is 1. The summed E-state index contributed by atoms with van der Waals surface area (Å²) in [4.78, 5) is 4.47. The van der Waals surface area contributed by atoms with E-state index in [0.717, 1.165) is 29.6 Å². The van der Waals surface area contributed by atoms with Crippen molar-refractivity contribution in [2.24, 2.45) is 0 Å². The second-order valence-corrected chi connectivity index (χ2v) is 5.93. The molecule has 1 unspecified atom stereocenters. The number of pyridine rings is 1. The molecule has 4 heteroatoms.